The topological polar surface area (TPSA) is 87.8 Å². The number of piperidine rings is 1. The van der Waals surface area contributed by atoms with Gasteiger partial charge in [-0.05, 0) is 57.4 Å². The van der Waals surface area contributed by atoms with Crippen LogP contribution in [0.3, 0.4) is 0 Å². The number of likely N-dealkylation sites (tertiary alicyclic amines) is 1. The fourth-order valence-corrected chi connectivity index (χ4v) is 6.20. The molecule has 8 heteroatoms. The Morgan fingerprint density at radius 1 is 1.28 bits per heavy atom. The summed E-state index contributed by atoms with van der Waals surface area (Å²) >= 11 is 6.10. The molecule has 6 nitrogen and oxygen atoms in total. The van der Waals surface area contributed by atoms with Crippen molar-refractivity contribution < 1.29 is 19.0 Å². The first-order valence-electron chi connectivity index (χ1n) is 13.7. The third-order valence-electron chi connectivity index (χ3n) is 8.21. The van der Waals surface area contributed by atoms with Gasteiger partial charge < -0.3 is 25.8 Å². The number of rotatable bonds is 11. The van der Waals surface area contributed by atoms with Crippen LogP contribution < -0.4 is 11.1 Å². The number of carbonyl (C=O) groups is 1. The van der Waals surface area contributed by atoms with Crippen molar-refractivity contribution in [3.8, 4) is 0 Å². The summed E-state index contributed by atoms with van der Waals surface area (Å²) in [6, 6.07) is 4.41. The number of unbranched alkanes of at least 4 members (excludes halogenated alkanes) is 1. The Labute approximate surface area is 221 Å². The standard InChI is InChI=1S/C28H45ClFN3O3/c1-20(31)25(18-21-10-4-3-5-11-21)32-27(34)33-16-9-12-22(19-33)28(35,15-6-7-17-36-2)23-13-8-14-24(29)26(23)30/h8,13-14,20-22,25,35H,3-7,9-12,15-19,31H2,1-2H3,(H,32,34)/t20-,22-,25+,28+/m1/s1. The molecule has 0 bridgehead atoms. The zero-order valence-corrected chi connectivity index (χ0v) is 22.7. The Morgan fingerprint density at radius 2 is 2.03 bits per heavy atom. The smallest absolute Gasteiger partial charge is 0.317 e. The zero-order valence-electron chi connectivity index (χ0n) is 22.0. The van der Waals surface area contributed by atoms with Crippen LogP contribution in [0.25, 0.3) is 0 Å². The van der Waals surface area contributed by atoms with Crippen molar-refractivity contribution in [1.82, 2.24) is 10.2 Å². The maximum atomic E-state index is 15.1. The van der Waals surface area contributed by atoms with E-state index in [-0.39, 0.29) is 34.6 Å². The highest BCUT2D eigenvalue weighted by molar-refractivity contribution is 6.30. The second kappa shape index (κ2) is 13.9. The van der Waals surface area contributed by atoms with Crippen LogP contribution in [0.4, 0.5) is 9.18 Å². The number of amides is 2. The number of halogens is 2. The molecular formula is C28H45ClFN3O3. The number of aliphatic hydroxyl groups is 1. The van der Waals surface area contributed by atoms with E-state index < -0.39 is 11.4 Å². The summed E-state index contributed by atoms with van der Waals surface area (Å²) in [5.41, 5.74) is 5.06. The first-order chi connectivity index (χ1) is 17.3. The van der Waals surface area contributed by atoms with Crippen molar-refractivity contribution in [3.63, 3.8) is 0 Å². The van der Waals surface area contributed by atoms with Gasteiger partial charge in [-0.1, -0.05) is 55.8 Å². The van der Waals surface area contributed by atoms with E-state index in [0.29, 0.717) is 44.9 Å². The first kappa shape index (κ1) is 29.2. The average molecular weight is 526 g/mol. The summed E-state index contributed by atoms with van der Waals surface area (Å²) in [5.74, 6) is -0.286. The summed E-state index contributed by atoms with van der Waals surface area (Å²) in [5, 5.41) is 15.2. The summed E-state index contributed by atoms with van der Waals surface area (Å²) < 4.78 is 20.3. The number of carbonyl (C=O) groups excluding carboxylic acids is 1. The number of hydrogen-bond donors (Lipinski definition) is 3. The average Bonchev–Trinajstić information content (AvgIpc) is 2.88. The number of hydrogen-bond acceptors (Lipinski definition) is 4. The molecule has 1 aliphatic carbocycles. The third-order valence-corrected chi connectivity index (χ3v) is 8.51. The van der Waals surface area contributed by atoms with Gasteiger partial charge in [0.1, 0.15) is 5.82 Å². The quantitative estimate of drug-likeness (QED) is 0.328. The zero-order chi connectivity index (χ0) is 26.1. The predicted octanol–water partition coefficient (Wildman–Crippen LogP) is 5.59. The van der Waals surface area contributed by atoms with Crippen LogP contribution in [0.1, 0.15) is 83.1 Å². The second-order valence-corrected chi connectivity index (χ2v) is 11.3. The molecule has 36 heavy (non-hydrogen) atoms. The highest BCUT2D eigenvalue weighted by atomic mass is 35.5. The molecule has 1 aromatic rings. The lowest BCUT2D eigenvalue weighted by atomic mass is 9.74. The summed E-state index contributed by atoms with van der Waals surface area (Å²) in [4.78, 5) is 15.1. The molecule has 2 aliphatic rings. The number of urea groups is 1. The van der Waals surface area contributed by atoms with Crippen molar-refractivity contribution in [2.24, 2.45) is 17.6 Å². The fraction of sp³-hybridized carbons (Fsp3) is 0.750. The molecule has 1 aromatic carbocycles. The molecule has 4 atom stereocenters. The van der Waals surface area contributed by atoms with E-state index in [9.17, 15) is 9.90 Å². The van der Waals surface area contributed by atoms with Gasteiger partial charge in [-0.3, -0.25) is 0 Å². The number of ether oxygens (including phenoxy) is 1. The molecule has 0 unspecified atom stereocenters. The molecule has 0 spiro atoms. The van der Waals surface area contributed by atoms with Crippen LogP contribution in [0, 0.1) is 17.7 Å². The summed E-state index contributed by atoms with van der Waals surface area (Å²) in [6.45, 7) is 3.49. The van der Waals surface area contributed by atoms with Gasteiger partial charge in [-0.2, -0.15) is 0 Å². The van der Waals surface area contributed by atoms with Gasteiger partial charge in [-0.15, -0.1) is 0 Å². The summed E-state index contributed by atoms with van der Waals surface area (Å²) in [6.07, 6.45) is 10.3. The van der Waals surface area contributed by atoms with E-state index in [2.05, 4.69) is 5.32 Å². The van der Waals surface area contributed by atoms with E-state index >= 15 is 4.39 Å². The molecule has 1 heterocycles. The van der Waals surface area contributed by atoms with Crippen molar-refractivity contribution in [2.75, 3.05) is 26.8 Å². The minimum atomic E-state index is -1.43. The van der Waals surface area contributed by atoms with Gasteiger partial charge >= 0.3 is 6.03 Å². The number of methoxy groups -OCH3 is 1. The largest absolute Gasteiger partial charge is 0.385 e. The molecule has 1 saturated heterocycles. The Balaban J connectivity index is 1.73. The number of nitrogens with zero attached hydrogens (tertiary/aromatic N) is 1. The van der Waals surface area contributed by atoms with Gasteiger partial charge in [0.25, 0.3) is 0 Å². The molecule has 4 N–H and O–H groups in total. The normalized spacial score (nSPS) is 22.6. The molecule has 204 valence electrons. The Bertz CT molecular complexity index is 836. The minimum absolute atomic E-state index is 0.00397. The van der Waals surface area contributed by atoms with Crippen molar-refractivity contribution in [3.05, 3.63) is 34.6 Å². The molecule has 0 aromatic heterocycles. The molecule has 2 fully saturated rings. The third kappa shape index (κ3) is 7.56. The van der Waals surface area contributed by atoms with Crippen LogP contribution in [0.15, 0.2) is 18.2 Å². The van der Waals surface area contributed by atoms with E-state index in [4.69, 9.17) is 22.1 Å². The summed E-state index contributed by atoms with van der Waals surface area (Å²) in [7, 11) is 1.64. The Hall–Kier alpha value is -1.41. The van der Waals surface area contributed by atoms with Crippen molar-refractivity contribution in [2.45, 2.75) is 95.2 Å². The Morgan fingerprint density at radius 3 is 2.72 bits per heavy atom. The van der Waals surface area contributed by atoms with E-state index in [1.807, 2.05) is 6.92 Å². The van der Waals surface area contributed by atoms with E-state index in [1.165, 1.54) is 38.2 Å². The molecular weight excluding hydrogens is 481 g/mol. The monoisotopic (exact) mass is 525 g/mol. The van der Waals surface area contributed by atoms with Gasteiger partial charge in [0.2, 0.25) is 0 Å². The van der Waals surface area contributed by atoms with E-state index in [1.54, 1.807) is 24.1 Å². The Kier molecular flexibility index (Phi) is 11.3. The molecule has 0 radical (unpaired) electrons. The van der Waals surface area contributed by atoms with Crippen molar-refractivity contribution in [1.29, 1.82) is 0 Å². The van der Waals surface area contributed by atoms with Gasteiger partial charge in [-0.25, -0.2) is 9.18 Å². The number of nitrogens with one attached hydrogen (secondary N) is 1. The lowest BCUT2D eigenvalue weighted by Crippen LogP contribution is -2.55. The lowest BCUT2D eigenvalue weighted by Gasteiger charge is -2.43. The van der Waals surface area contributed by atoms with Crippen LogP contribution in [-0.2, 0) is 10.3 Å². The maximum Gasteiger partial charge on any atom is 0.317 e. The SMILES string of the molecule is COCCCC[C@@](O)(c1cccc(Cl)c1F)[C@@H]1CCCN(C(=O)N[C@@H](CC2CCCCC2)[C@@H](C)N)C1. The number of nitrogens with two attached hydrogens (primary N) is 1. The van der Waals surface area contributed by atoms with Crippen LogP contribution >= 0.6 is 11.6 Å². The van der Waals surface area contributed by atoms with Gasteiger partial charge in [0.05, 0.1) is 10.6 Å². The maximum absolute atomic E-state index is 15.1. The first-order valence-corrected chi connectivity index (χ1v) is 14.1. The van der Waals surface area contributed by atoms with Crippen LogP contribution in [0.5, 0.6) is 0 Å². The lowest BCUT2D eigenvalue weighted by molar-refractivity contribution is -0.0588. The predicted molar refractivity (Wildman–Crippen MR) is 142 cm³/mol. The van der Waals surface area contributed by atoms with Gasteiger partial charge in [0.15, 0.2) is 0 Å². The molecule has 1 aliphatic heterocycles. The van der Waals surface area contributed by atoms with Crippen LogP contribution in [-0.4, -0.2) is 54.9 Å². The fourth-order valence-electron chi connectivity index (χ4n) is 6.03. The van der Waals surface area contributed by atoms with E-state index in [0.717, 1.165) is 19.3 Å². The molecule has 1 saturated carbocycles. The highest BCUT2D eigenvalue weighted by Gasteiger charge is 2.43. The molecule has 2 amide bonds. The second-order valence-electron chi connectivity index (χ2n) is 10.9. The van der Waals surface area contributed by atoms with Crippen LogP contribution in [0.2, 0.25) is 5.02 Å². The molecule has 3 rings (SSSR count). The highest BCUT2D eigenvalue weighted by Crippen LogP contribution is 2.42. The van der Waals surface area contributed by atoms with Crippen molar-refractivity contribution >= 4 is 17.6 Å². The minimum Gasteiger partial charge on any atom is -0.385 e. The van der Waals surface area contributed by atoms with Gasteiger partial charge in [0, 0.05) is 50.4 Å². The number of benzene rings is 1.